The predicted molar refractivity (Wildman–Crippen MR) is 191 cm³/mol. The van der Waals surface area contributed by atoms with E-state index in [1.54, 1.807) is 11.6 Å². The number of phosphoric acid groups is 1. The summed E-state index contributed by atoms with van der Waals surface area (Å²) in [6, 6.07) is 4.88. The molecule has 0 aromatic carbocycles. The van der Waals surface area contributed by atoms with Crippen LogP contribution in [-0.4, -0.2) is 94.0 Å². The molecule has 19 nitrogen and oxygen atoms in total. The van der Waals surface area contributed by atoms with Crippen molar-refractivity contribution < 1.29 is 38.3 Å². The molecule has 4 heterocycles. The van der Waals surface area contributed by atoms with E-state index in [-0.39, 0.29) is 31.8 Å². The lowest BCUT2D eigenvalue weighted by Crippen LogP contribution is -2.33. The maximum atomic E-state index is 13.1. The minimum absolute atomic E-state index is 0. The molecule has 1 amide bonds. The number of nitrogens with zero attached hydrogens (tertiary/aromatic N) is 7. The lowest BCUT2D eigenvalue weighted by molar-refractivity contribution is -0.138. The third-order valence-electron chi connectivity index (χ3n) is 7.22. The largest absolute Gasteiger partial charge is 0.480 e. The molecule has 1 fully saturated rings. The van der Waals surface area contributed by atoms with Gasteiger partial charge >= 0.3 is 13.8 Å². The highest BCUT2D eigenvalue weighted by atomic mass is 32.1. The van der Waals surface area contributed by atoms with Crippen LogP contribution in [0, 0.1) is 0 Å². The molecule has 0 saturated heterocycles. The fourth-order valence-electron chi connectivity index (χ4n) is 4.59. The predicted octanol–water partition coefficient (Wildman–Crippen LogP) is 2.45. The van der Waals surface area contributed by atoms with Crippen LogP contribution < -0.4 is 22.5 Å². The molecule has 1 aliphatic rings. The normalized spacial score (nSPS) is 16.3. The van der Waals surface area contributed by atoms with Crippen molar-refractivity contribution in [3.63, 3.8) is 0 Å². The van der Waals surface area contributed by atoms with E-state index in [0.717, 1.165) is 12.8 Å². The summed E-state index contributed by atoms with van der Waals surface area (Å²) in [5, 5.41) is 22.2. The van der Waals surface area contributed by atoms with Crippen LogP contribution in [0.5, 0.6) is 0 Å². The number of carbonyl (C=O) groups excluding carboxylic acids is 1. The van der Waals surface area contributed by atoms with Crippen LogP contribution in [0.1, 0.15) is 56.6 Å². The number of thiazole rings is 1. The number of hydrogen-bond donors (Lipinski definition) is 7. The van der Waals surface area contributed by atoms with E-state index in [1.807, 2.05) is 36.0 Å². The van der Waals surface area contributed by atoms with Crippen molar-refractivity contribution in [2.24, 2.45) is 22.2 Å². The first kappa shape index (κ1) is 41.0. The third kappa shape index (κ3) is 12.4. The molecular weight excluding hydrogens is 705 g/mol. The van der Waals surface area contributed by atoms with Crippen LogP contribution in [0.4, 0.5) is 5.69 Å². The number of ether oxygens (including phenoxy) is 1. The molecule has 0 spiro atoms. The van der Waals surface area contributed by atoms with Crippen LogP contribution in [0.25, 0.3) is 22.0 Å². The van der Waals surface area contributed by atoms with E-state index >= 15 is 0 Å². The van der Waals surface area contributed by atoms with Gasteiger partial charge in [0.05, 0.1) is 36.3 Å². The molecule has 21 heteroatoms. The van der Waals surface area contributed by atoms with Crippen LogP contribution in [0.3, 0.4) is 0 Å². The van der Waals surface area contributed by atoms with Crippen LogP contribution in [0.2, 0.25) is 0 Å². The Kier molecular flexibility index (Phi) is 15.5. The van der Waals surface area contributed by atoms with E-state index < -0.39 is 32.5 Å². The van der Waals surface area contributed by atoms with E-state index in [2.05, 4.69) is 29.9 Å². The number of carboxylic acid groups (broad SMARTS) is 1. The van der Waals surface area contributed by atoms with Crippen LogP contribution in [0.15, 0.2) is 53.4 Å². The highest BCUT2D eigenvalue weighted by molar-refractivity contribution is 7.46. The fourth-order valence-corrected chi connectivity index (χ4v) is 5.63. The number of phosphoric ester groups is 1. The highest BCUT2D eigenvalue weighted by Crippen LogP contribution is 2.37. The molecular formula is C30H44N11O8PS. The second kappa shape index (κ2) is 19.3. The summed E-state index contributed by atoms with van der Waals surface area (Å²) < 4.78 is 24.1. The van der Waals surface area contributed by atoms with Gasteiger partial charge in [0.25, 0.3) is 5.91 Å². The Hall–Kier alpha value is -4.40. The van der Waals surface area contributed by atoms with Crippen molar-refractivity contribution in [1.29, 1.82) is 0 Å². The van der Waals surface area contributed by atoms with E-state index in [4.69, 9.17) is 41.9 Å². The minimum atomic E-state index is -4.62. The zero-order valence-electron chi connectivity index (χ0n) is 27.1. The SMILES string of the molecule is C.CCOC1CC(n2cc(NC(=O)c3csc(-c4cnn(COP(=O)(O)O)c4)n3)c(-c3ccccn3)n2)C1.NCC(N)=NCCCC(N)C(=O)O. The topological polar surface area (TPSA) is 294 Å². The van der Waals surface area contributed by atoms with Gasteiger partial charge < -0.3 is 42.1 Å². The Balaban J connectivity index is 0.000000430. The lowest BCUT2D eigenvalue weighted by Gasteiger charge is -2.34. The third-order valence-corrected chi connectivity index (χ3v) is 8.57. The Labute approximate surface area is 298 Å². The van der Waals surface area contributed by atoms with E-state index in [0.29, 0.717) is 59.5 Å². The molecule has 4 aromatic heterocycles. The Bertz CT molecular complexity index is 1790. The number of aliphatic imine (C=N–C) groups is 1. The molecule has 1 atom stereocenters. The maximum absolute atomic E-state index is 13.1. The number of aromatic nitrogens is 6. The number of rotatable bonds is 16. The summed E-state index contributed by atoms with van der Waals surface area (Å²) in [5.74, 6) is -1.02. The van der Waals surface area contributed by atoms with Crippen molar-refractivity contribution in [3.05, 3.63) is 54.1 Å². The number of nitrogens with two attached hydrogens (primary N) is 3. The fraction of sp³-hybridized carbons (Fsp3) is 0.433. The van der Waals surface area contributed by atoms with Crippen molar-refractivity contribution in [2.45, 2.75) is 65.0 Å². The molecule has 5 rings (SSSR count). The Morgan fingerprint density at radius 3 is 2.67 bits per heavy atom. The zero-order valence-corrected chi connectivity index (χ0v) is 28.8. The molecule has 51 heavy (non-hydrogen) atoms. The average Bonchev–Trinajstić information content (AvgIpc) is 3.84. The van der Waals surface area contributed by atoms with E-state index in [9.17, 15) is 14.2 Å². The van der Waals surface area contributed by atoms with Crippen LogP contribution >= 0.6 is 19.2 Å². The summed E-state index contributed by atoms with van der Waals surface area (Å²) in [5.41, 5.74) is 18.3. The minimum Gasteiger partial charge on any atom is -0.480 e. The lowest BCUT2D eigenvalue weighted by atomic mass is 9.89. The summed E-state index contributed by atoms with van der Waals surface area (Å²) >= 11 is 1.24. The summed E-state index contributed by atoms with van der Waals surface area (Å²) in [7, 11) is -4.62. The van der Waals surface area contributed by atoms with Gasteiger partial charge in [0.15, 0.2) is 6.73 Å². The molecule has 1 unspecified atom stereocenters. The molecule has 0 radical (unpaired) electrons. The summed E-state index contributed by atoms with van der Waals surface area (Å²) in [4.78, 5) is 53.7. The molecule has 278 valence electrons. The first-order valence-corrected chi connectivity index (χ1v) is 17.9. The number of carboxylic acids is 1. The standard InChI is InChI=1S/C22H24N7O6PS.C7H16N4O2.CH4/c1-2-34-16-7-15(8-16)29-11-18(20(27-29)17-5-3-4-6-23-17)25-21(30)19-12-37-22(26-19)14-9-24-28(10-14)13-35-36(31,32)33;8-4-6(10)11-3-1-2-5(9)7(12)13;/h3-6,9-12,15-16H,2,7-8,13H2,1H3,(H,25,30)(H2,31,32,33);5H,1-4,8-9H2,(H2,10,11)(H,12,13);1H4. The molecule has 0 aliphatic heterocycles. The average molecular weight is 750 g/mol. The maximum Gasteiger partial charge on any atom is 0.471 e. The molecule has 10 N–H and O–H groups in total. The van der Waals surface area contributed by atoms with Gasteiger partial charge in [-0.25, -0.2) is 14.2 Å². The smallest absolute Gasteiger partial charge is 0.471 e. The molecule has 0 bridgehead atoms. The second-order valence-corrected chi connectivity index (χ2v) is 13.1. The Morgan fingerprint density at radius 1 is 1.25 bits per heavy atom. The first-order chi connectivity index (χ1) is 23.9. The van der Waals surface area contributed by atoms with Gasteiger partial charge in [0.1, 0.15) is 28.3 Å². The summed E-state index contributed by atoms with van der Waals surface area (Å²) in [6.07, 6.45) is 9.41. The van der Waals surface area contributed by atoms with Crippen molar-refractivity contribution in [1.82, 2.24) is 29.5 Å². The van der Waals surface area contributed by atoms with Gasteiger partial charge in [-0.3, -0.25) is 28.8 Å². The van der Waals surface area contributed by atoms with Crippen molar-refractivity contribution >= 4 is 42.6 Å². The van der Waals surface area contributed by atoms with Gasteiger partial charge in [0, 0.05) is 42.7 Å². The highest BCUT2D eigenvalue weighted by Gasteiger charge is 2.33. The monoisotopic (exact) mass is 749 g/mol. The number of hydrogen-bond acceptors (Lipinski definition) is 13. The summed E-state index contributed by atoms with van der Waals surface area (Å²) in [6.45, 7) is 2.93. The van der Waals surface area contributed by atoms with Crippen molar-refractivity contribution in [3.8, 4) is 22.0 Å². The van der Waals surface area contributed by atoms with Gasteiger partial charge in [-0.1, -0.05) is 13.5 Å². The zero-order chi connectivity index (χ0) is 36.3. The first-order valence-electron chi connectivity index (χ1n) is 15.5. The van der Waals surface area contributed by atoms with Crippen LogP contribution in [-0.2, 0) is 25.4 Å². The molecule has 4 aromatic rings. The van der Waals surface area contributed by atoms with Gasteiger partial charge in [-0.05, 0) is 44.7 Å². The van der Waals surface area contributed by atoms with Gasteiger partial charge in [0.2, 0.25) is 0 Å². The molecule has 1 aliphatic carbocycles. The Morgan fingerprint density at radius 2 is 2.02 bits per heavy atom. The van der Waals surface area contributed by atoms with Gasteiger partial charge in [-0.2, -0.15) is 10.2 Å². The second-order valence-electron chi connectivity index (χ2n) is 11.0. The quantitative estimate of drug-likeness (QED) is 0.0375. The number of nitrogens with one attached hydrogen (secondary N) is 1. The number of aliphatic carboxylic acids is 1. The van der Waals surface area contributed by atoms with E-state index in [1.165, 1.54) is 28.4 Å². The number of amides is 1. The molecule has 1 saturated carbocycles. The number of anilines is 1. The number of pyridine rings is 1. The van der Waals surface area contributed by atoms with Crippen molar-refractivity contribution in [2.75, 3.05) is 25.0 Å². The number of amidine groups is 1. The number of carbonyl (C=O) groups is 2. The van der Waals surface area contributed by atoms with Gasteiger partial charge in [-0.15, -0.1) is 11.3 Å².